The molecule has 2 aliphatic heterocycles. The van der Waals surface area contributed by atoms with Crippen molar-refractivity contribution in [1.82, 2.24) is 4.90 Å². The van der Waals surface area contributed by atoms with Crippen LogP contribution in [0.3, 0.4) is 0 Å². The zero-order valence-electron chi connectivity index (χ0n) is 7.75. The van der Waals surface area contributed by atoms with E-state index in [9.17, 15) is 9.59 Å². The molecule has 0 radical (unpaired) electrons. The Morgan fingerprint density at radius 3 is 2.93 bits per heavy atom. The van der Waals surface area contributed by atoms with Gasteiger partial charge in [0.2, 0.25) is 0 Å². The number of hydrogen-bond acceptors (Lipinski definition) is 5. The number of nitrogens with zero attached hydrogens (tertiary/aromatic N) is 4. The first-order chi connectivity index (χ1) is 7.24. The Morgan fingerprint density at radius 1 is 1.40 bits per heavy atom. The fourth-order valence-corrected chi connectivity index (χ4v) is 1.28. The summed E-state index contributed by atoms with van der Waals surface area (Å²) >= 11 is 0. The lowest BCUT2D eigenvalue weighted by Gasteiger charge is -2.21. The molecule has 2 aliphatic rings. The first kappa shape index (κ1) is 9.66. The number of amidine groups is 1. The van der Waals surface area contributed by atoms with Gasteiger partial charge >= 0.3 is 6.03 Å². The molecule has 0 fully saturated rings. The SMILES string of the molecule is O=C1N=C2N=CN=C2C(=O)N1CCCO. The maximum Gasteiger partial charge on any atom is 0.352 e. The van der Waals surface area contributed by atoms with Crippen LogP contribution in [0.5, 0.6) is 0 Å². The minimum atomic E-state index is -0.651. The van der Waals surface area contributed by atoms with Gasteiger partial charge in [-0.25, -0.2) is 14.8 Å². The smallest absolute Gasteiger partial charge is 0.352 e. The van der Waals surface area contributed by atoms with E-state index in [2.05, 4.69) is 15.0 Å². The number of imide groups is 1. The van der Waals surface area contributed by atoms with Gasteiger partial charge in [0.05, 0.1) is 0 Å². The molecular formula is C8H8N4O3. The molecule has 7 heteroatoms. The molecule has 0 atom stereocenters. The van der Waals surface area contributed by atoms with Crippen molar-refractivity contribution < 1.29 is 14.7 Å². The van der Waals surface area contributed by atoms with Crippen molar-refractivity contribution in [3.8, 4) is 0 Å². The van der Waals surface area contributed by atoms with Crippen LogP contribution in [-0.2, 0) is 4.79 Å². The van der Waals surface area contributed by atoms with Crippen molar-refractivity contribution in [2.45, 2.75) is 6.42 Å². The maximum absolute atomic E-state index is 11.7. The highest BCUT2D eigenvalue weighted by Gasteiger charge is 2.35. The van der Waals surface area contributed by atoms with E-state index in [0.717, 1.165) is 4.90 Å². The summed E-state index contributed by atoms with van der Waals surface area (Å²) in [5, 5.41) is 8.62. The Labute approximate surface area is 84.8 Å². The number of carbonyl (C=O) groups excluding carboxylic acids is 2. The molecule has 78 valence electrons. The predicted octanol–water partition coefficient (Wildman–Crippen LogP) is -0.788. The van der Waals surface area contributed by atoms with Crippen LogP contribution in [0.1, 0.15) is 6.42 Å². The standard InChI is InChI=1S/C8H8N4O3/c13-3-1-2-12-7(14)5-6(10-4-9-5)11-8(12)15/h4,13H,1-3H2. The van der Waals surface area contributed by atoms with Crippen LogP contribution in [-0.4, -0.2) is 53.0 Å². The monoisotopic (exact) mass is 208 g/mol. The van der Waals surface area contributed by atoms with Gasteiger partial charge in [-0.3, -0.25) is 9.69 Å². The lowest BCUT2D eigenvalue weighted by molar-refractivity contribution is -0.121. The Morgan fingerprint density at radius 2 is 2.20 bits per heavy atom. The molecule has 7 nitrogen and oxygen atoms in total. The fraction of sp³-hybridized carbons (Fsp3) is 0.375. The molecule has 2 rings (SSSR count). The number of rotatable bonds is 3. The molecule has 0 bridgehead atoms. The van der Waals surface area contributed by atoms with E-state index in [-0.39, 0.29) is 24.7 Å². The highest BCUT2D eigenvalue weighted by molar-refractivity contribution is 6.71. The molecule has 0 saturated heterocycles. The minimum Gasteiger partial charge on any atom is -0.396 e. The summed E-state index contributed by atoms with van der Waals surface area (Å²) in [4.78, 5) is 35.0. The number of aliphatic hydroxyl groups is 1. The van der Waals surface area contributed by atoms with Crippen LogP contribution >= 0.6 is 0 Å². The van der Waals surface area contributed by atoms with Gasteiger partial charge in [-0.15, -0.1) is 0 Å². The molecule has 1 N–H and O–H groups in total. The van der Waals surface area contributed by atoms with Crippen LogP contribution < -0.4 is 0 Å². The number of amides is 3. The van der Waals surface area contributed by atoms with Gasteiger partial charge in [-0.05, 0) is 6.42 Å². The molecule has 15 heavy (non-hydrogen) atoms. The molecule has 0 saturated carbocycles. The third kappa shape index (κ3) is 1.57. The Hall–Kier alpha value is -1.89. The van der Waals surface area contributed by atoms with E-state index in [0.29, 0.717) is 6.42 Å². The molecule has 0 aromatic heterocycles. The highest BCUT2D eigenvalue weighted by Crippen LogP contribution is 2.10. The highest BCUT2D eigenvalue weighted by atomic mass is 16.3. The van der Waals surface area contributed by atoms with Gasteiger partial charge in [0.1, 0.15) is 6.34 Å². The number of fused-ring (bicyclic) bond motifs is 1. The van der Waals surface area contributed by atoms with E-state index < -0.39 is 11.9 Å². The van der Waals surface area contributed by atoms with Crippen LogP contribution in [0.2, 0.25) is 0 Å². The summed E-state index contributed by atoms with van der Waals surface area (Å²) in [6, 6.07) is -0.651. The first-order valence-electron chi connectivity index (χ1n) is 4.40. The lowest BCUT2D eigenvalue weighted by Crippen LogP contribution is -2.46. The second kappa shape index (κ2) is 3.70. The second-order valence-electron chi connectivity index (χ2n) is 2.97. The Bertz CT molecular complexity index is 410. The van der Waals surface area contributed by atoms with Crippen molar-refractivity contribution in [1.29, 1.82) is 0 Å². The van der Waals surface area contributed by atoms with Crippen LogP contribution in [0.4, 0.5) is 4.79 Å². The predicted molar refractivity (Wildman–Crippen MR) is 52.2 cm³/mol. The molecule has 0 aliphatic carbocycles. The van der Waals surface area contributed by atoms with Gasteiger partial charge < -0.3 is 5.11 Å². The first-order valence-corrected chi connectivity index (χ1v) is 4.40. The Kier molecular flexibility index (Phi) is 2.38. The third-order valence-electron chi connectivity index (χ3n) is 2.00. The van der Waals surface area contributed by atoms with Gasteiger partial charge in [0.25, 0.3) is 5.91 Å². The summed E-state index contributed by atoms with van der Waals surface area (Å²) in [6.07, 6.45) is 1.52. The van der Waals surface area contributed by atoms with Crippen molar-refractivity contribution in [2.75, 3.05) is 13.2 Å². The normalized spacial score (nSPS) is 19.1. The molecule has 0 aromatic carbocycles. The number of aliphatic imine (C=N–C) groups is 3. The molecule has 2 heterocycles. The van der Waals surface area contributed by atoms with Crippen molar-refractivity contribution in [2.24, 2.45) is 15.0 Å². The van der Waals surface area contributed by atoms with E-state index >= 15 is 0 Å². The minimum absolute atomic E-state index is 0.0743. The van der Waals surface area contributed by atoms with Gasteiger partial charge in [-0.2, -0.15) is 4.99 Å². The molecule has 0 spiro atoms. The lowest BCUT2D eigenvalue weighted by atomic mass is 10.2. The van der Waals surface area contributed by atoms with Crippen molar-refractivity contribution in [3.05, 3.63) is 0 Å². The zero-order chi connectivity index (χ0) is 10.8. The summed E-state index contributed by atoms with van der Waals surface area (Å²) in [7, 11) is 0. The van der Waals surface area contributed by atoms with Gasteiger partial charge in [0.15, 0.2) is 11.5 Å². The van der Waals surface area contributed by atoms with Crippen molar-refractivity contribution in [3.63, 3.8) is 0 Å². The van der Waals surface area contributed by atoms with E-state index in [1.807, 2.05) is 0 Å². The number of urea groups is 1. The van der Waals surface area contributed by atoms with Crippen molar-refractivity contribution >= 4 is 29.8 Å². The summed E-state index contributed by atoms with van der Waals surface area (Å²) in [5.74, 6) is -0.429. The average molecular weight is 208 g/mol. The number of hydrogen-bond donors (Lipinski definition) is 1. The topological polar surface area (TPSA) is 94.7 Å². The van der Waals surface area contributed by atoms with Crippen LogP contribution in [0, 0.1) is 0 Å². The van der Waals surface area contributed by atoms with Gasteiger partial charge in [0, 0.05) is 13.2 Å². The number of aliphatic hydroxyl groups excluding tert-OH is 1. The summed E-state index contributed by atoms with van der Waals surface area (Å²) < 4.78 is 0. The van der Waals surface area contributed by atoms with E-state index in [1.54, 1.807) is 0 Å². The maximum atomic E-state index is 11.7. The summed E-state index contributed by atoms with van der Waals surface area (Å²) in [6.45, 7) is 0.0561. The van der Waals surface area contributed by atoms with E-state index in [4.69, 9.17) is 5.11 Å². The molecule has 0 aromatic rings. The van der Waals surface area contributed by atoms with Crippen LogP contribution in [0.15, 0.2) is 15.0 Å². The van der Waals surface area contributed by atoms with E-state index in [1.165, 1.54) is 6.34 Å². The number of carbonyl (C=O) groups is 2. The fourth-order valence-electron chi connectivity index (χ4n) is 1.28. The van der Waals surface area contributed by atoms with Crippen LogP contribution in [0.25, 0.3) is 0 Å². The Balaban J connectivity index is 2.23. The molecular weight excluding hydrogens is 200 g/mol. The average Bonchev–Trinajstić information content (AvgIpc) is 2.65. The second-order valence-corrected chi connectivity index (χ2v) is 2.97. The van der Waals surface area contributed by atoms with Gasteiger partial charge in [-0.1, -0.05) is 0 Å². The molecule has 0 unspecified atom stereocenters. The zero-order valence-corrected chi connectivity index (χ0v) is 7.75. The largest absolute Gasteiger partial charge is 0.396 e. The molecule has 3 amide bonds. The quantitative estimate of drug-likeness (QED) is 0.658. The summed E-state index contributed by atoms with van der Waals surface area (Å²) in [5.41, 5.74) is 0.0903. The third-order valence-corrected chi connectivity index (χ3v) is 2.00.